The van der Waals surface area contributed by atoms with Gasteiger partial charge in [0.1, 0.15) is 4.21 Å². The van der Waals surface area contributed by atoms with Crippen LogP contribution >= 0.6 is 22.9 Å². The summed E-state index contributed by atoms with van der Waals surface area (Å²) < 4.78 is 49.4. The normalized spacial score (nSPS) is 16.6. The van der Waals surface area contributed by atoms with Crippen molar-refractivity contribution in [1.29, 1.82) is 0 Å². The van der Waals surface area contributed by atoms with Gasteiger partial charge in [0.25, 0.3) is 0 Å². The molecule has 1 aromatic heterocycles. The van der Waals surface area contributed by atoms with Gasteiger partial charge in [-0.1, -0.05) is 11.6 Å². The fraction of sp³-hybridized carbons (Fsp3) is 0.353. The Kier molecular flexibility index (Phi) is 6.66. The highest BCUT2D eigenvalue weighted by Gasteiger charge is 2.32. The zero-order valence-corrected chi connectivity index (χ0v) is 18.5. The first-order valence-corrected chi connectivity index (χ1v) is 12.9. The first-order valence-electron chi connectivity index (χ1n) is 8.72. The Balaban J connectivity index is 1.54. The third kappa shape index (κ3) is 5.36. The Hall–Kier alpha value is -1.50. The molecule has 2 heterocycles. The highest BCUT2D eigenvalue weighted by Crippen LogP contribution is 2.25. The third-order valence-electron chi connectivity index (χ3n) is 4.63. The summed E-state index contributed by atoms with van der Waals surface area (Å²) in [5, 5.41) is 8.31. The van der Waals surface area contributed by atoms with E-state index in [0.29, 0.717) is 22.7 Å². The fourth-order valence-corrected chi connectivity index (χ4v) is 6.35. The second-order valence-corrected chi connectivity index (χ2v) is 11.9. The molecule has 1 saturated heterocycles. The molecule has 0 aliphatic carbocycles. The minimum Gasteiger partial charge on any atom is -0.351 e. The van der Waals surface area contributed by atoms with Crippen LogP contribution in [0.4, 0.5) is 0 Å². The van der Waals surface area contributed by atoms with E-state index in [1.165, 1.54) is 34.6 Å². The van der Waals surface area contributed by atoms with Gasteiger partial charge in [-0.05, 0) is 49.2 Å². The minimum atomic E-state index is -3.75. The molecule has 3 N–H and O–H groups in total. The van der Waals surface area contributed by atoms with Crippen molar-refractivity contribution in [3.05, 3.63) is 46.3 Å². The second kappa shape index (κ2) is 8.70. The van der Waals surface area contributed by atoms with Crippen LogP contribution in [0.5, 0.6) is 0 Å². The van der Waals surface area contributed by atoms with E-state index in [9.17, 15) is 21.6 Å². The average molecular weight is 478 g/mol. The molecule has 2 aromatic rings. The molecule has 12 heteroatoms. The van der Waals surface area contributed by atoms with Gasteiger partial charge in [0.05, 0.1) is 11.4 Å². The van der Waals surface area contributed by atoms with E-state index >= 15 is 0 Å². The smallest absolute Gasteiger partial charge is 0.247 e. The van der Waals surface area contributed by atoms with Crippen LogP contribution in [-0.4, -0.2) is 40.1 Å². The number of piperidine rings is 1. The number of primary sulfonamides is 1. The molecule has 0 radical (unpaired) electrons. The maximum Gasteiger partial charge on any atom is 0.247 e. The van der Waals surface area contributed by atoms with Crippen LogP contribution in [0, 0.1) is 5.92 Å². The van der Waals surface area contributed by atoms with Crippen LogP contribution in [0.2, 0.25) is 5.02 Å². The Morgan fingerprint density at radius 1 is 1.10 bits per heavy atom. The summed E-state index contributed by atoms with van der Waals surface area (Å²) in [6.45, 7) is 0.692. The molecular formula is C17H20ClN3O5S3. The number of rotatable bonds is 6. The summed E-state index contributed by atoms with van der Waals surface area (Å²) in [5.74, 6) is -0.483. The lowest BCUT2D eigenvalue weighted by Crippen LogP contribution is -2.42. The number of benzene rings is 1. The van der Waals surface area contributed by atoms with Crippen LogP contribution < -0.4 is 10.5 Å². The molecule has 0 unspecified atom stereocenters. The highest BCUT2D eigenvalue weighted by molar-refractivity contribution is 7.91. The van der Waals surface area contributed by atoms with E-state index in [-0.39, 0.29) is 40.6 Å². The first-order chi connectivity index (χ1) is 13.6. The predicted octanol–water partition coefficient (Wildman–Crippen LogP) is 1.77. The third-order valence-corrected chi connectivity index (χ3v) is 9.32. The fourth-order valence-electron chi connectivity index (χ4n) is 3.04. The van der Waals surface area contributed by atoms with E-state index < -0.39 is 20.0 Å². The number of carbonyl (C=O) groups excluding carboxylic acids is 1. The number of nitrogens with zero attached hydrogens (tertiary/aromatic N) is 1. The topological polar surface area (TPSA) is 127 Å². The van der Waals surface area contributed by atoms with Crippen molar-refractivity contribution in [2.45, 2.75) is 28.5 Å². The van der Waals surface area contributed by atoms with Gasteiger partial charge >= 0.3 is 0 Å². The Labute approximate surface area is 178 Å². The molecule has 0 spiro atoms. The summed E-state index contributed by atoms with van der Waals surface area (Å²) in [6.07, 6.45) is 0.817. The van der Waals surface area contributed by atoms with Crippen molar-refractivity contribution in [2.75, 3.05) is 13.1 Å². The van der Waals surface area contributed by atoms with E-state index in [2.05, 4.69) is 5.32 Å². The maximum atomic E-state index is 12.7. The number of carbonyl (C=O) groups is 1. The maximum absolute atomic E-state index is 12.7. The SMILES string of the molecule is NS(=O)(=O)c1ccc(CNC(=O)C2CCN(S(=O)(=O)c3ccc(Cl)cc3)CC2)s1. The van der Waals surface area contributed by atoms with Crippen LogP contribution in [0.25, 0.3) is 0 Å². The predicted molar refractivity (Wildman–Crippen MR) is 110 cm³/mol. The Morgan fingerprint density at radius 2 is 1.72 bits per heavy atom. The largest absolute Gasteiger partial charge is 0.351 e. The number of sulfonamides is 2. The van der Waals surface area contributed by atoms with Crippen molar-refractivity contribution in [2.24, 2.45) is 11.1 Å². The summed E-state index contributed by atoms with van der Waals surface area (Å²) in [6, 6.07) is 9.00. The first kappa shape index (κ1) is 22.2. The van der Waals surface area contributed by atoms with Crippen molar-refractivity contribution < 1.29 is 21.6 Å². The standard InChI is InChI=1S/C17H20ClN3O5S3/c18-13-1-4-15(5-2-13)29(25,26)21-9-7-12(8-10-21)17(22)20-11-14-3-6-16(27-14)28(19,23)24/h1-6,12H,7-11H2,(H,20,22)(H2,19,23,24). The Morgan fingerprint density at radius 3 is 2.28 bits per heavy atom. The molecule has 8 nitrogen and oxygen atoms in total. The number of hydrogen-bond acceptors (Lipinski definition) is 6. The molecular weight excluding hydrogens is 458 g/mol. The van der Waals surface area contributed by atoms with E-state index in [4.69, 9.17) is 16.7 Å². The molecule has 29 heavy (non-hydrogen) atoms. The molecule has 3 rings (SSSR count). The number of amides is 1. The lowest BCUT2D eigenvalue weighted by Gasteiger charge is -2.30. The van der Waals surface area contributed by atoms with Crippen LogP contribution in [0.3, 0.4) is 0 Å². The van der Waals surface area contributed by atoms with E-state index in [0.717, 1.165) is 11.3 Å². The van der Waals surface area contributed by atoms with Gasteiger partial charge < -0.3 is 5.32 Å². The van der Waals surface area contributed by atoms with E-state index in [1.807, 2.05) is 0 Å². The van der Waals surface area contributed by atoms with Gasteiger partial charge in [-0.25, -0.2) is 22.0 Å². The van der Waals surface area contributed by atoms with Gasteiger partial charge in [0.15, 0.2) is 0 Å². The van der Waals surface area contributed by atoms with Gasteiger partial charge in [0.2, 0.25) is 26.0 Å². The Bertz CT molecular complexity index is 1090. The number of halogens is 1. The van der Waals surface area contributed by atoms with Crippen LogP contribution in [-0.2, 0) is 31.4 Å². The van der Waals surface area contributed by atoms with Gasteiger partial charge in [-0.3, -0.25) is 4.79 Å². The number of hydrogen-bond donors (Lipinski definition) is 2. The summed E-state index contributed by atoms with van der Waals surface area (Å²) in [5.41, 5.74) is 0. The van der Waals surface area contributed by atoms with Gasteiger partial charge in [0, 0.05) is 28.9 Å². The zero-order chi connectivity index (χ0) is 21.2. The lowest BCUT2D eigenvalue weighted by molar-refractivity contribution is -0.126. The molecule has 1 aliphatic heterocycles. The molecule has 0 bridgehead atoms. The van der Waals surface area contributed by atoms with Crippen molar-refractivity contribution in [1.82, 2.24) is 9.62 Å². The van der Waals surface area contributed by atoms with Crippen molar-refractivity contribution in [3.8, 4) is 0 Å². The molecule has 1 fully saturated rings. The molecule has 0 saturated carbocycles. The quantitative estimate of drug-likeness (QED) is 0.655. The zero-order valence-electron chi connectivity index (χ0n) is 15.2. The number of nitrogens with one attached hydrogen (secondary N) is 1. The number of thiophene rings is 1. The highest BCUT2D eigenvalue weighted by atomic mass is 35.5. The minimum absolute atomic E-state index is 0.0439. The summed E-state index contributed by atoms with van der Waals surface area (Å²) in [7, 11) is -7.37. The average Bonchev–Trinajstić information content (AvgIpc) is 3.16. The van der Waals surface area contributed by atoms with Crippen molar-refractivity contribution in [3.63, 3.8) is 0 Å². The lowest BCUT2D eigenvalue weighted by atomic mass is 9.97. The second-order valence-electron chi connectivity index (χ2n) is 6.62. The molecule has 1 aliphatic rings. The van der Waals surface area contributed by atoms with Gasteiger partial charge in [-0.2, -0.15) is 4.31 Å². The van der Waals surface area contributed by atoms with Crippen LogP contribution in [0.15, 0.2) is 45.5 Å². The summed E-state index contributed by atoms with van der Waals surface area (Å²) >= 11 is 6.82. The van der Waals surface area contributed by atoms with Crippen LogP contribution in [0.1, 0.15) is 17.7 Å². The van der Waals surface area contributed by atoms with Gasteiger partial charge in [-0.15, -0.1) is 11.3 Å². The molecule has 1 amide bonds. The monoisotopic (exact) mass is 477 g/mol. The molecule has 1 aromatic carbocycles. The number of nitrogens with two attached hydrogens (primary N) is 1. The summed E-state index contributed by atoms with van der Waals surface area (Å²) in [4.78, 5) is 13.3. The molecule has 158 valence electrons. The molecule has 0 atom stereocenters. The van der Waals surface area contributed by atoms with E-state index in [1.54, 1.807) is 6.07 Å². The van der Waals surface area contributed by atoms with Crippen molar-refractivity contribution >= 4 is 48.9 Å².